The van der Waals surface area contributed by atoms with Crippen molar-refractivity contribution in [1.29, 1.82) is 0 Å². The van der Waals surface area contributed by atoms with E-state index < -0.39 is 5.95 Å². The molecule has 0 spiro atoms. The highest BCUT2D eigenvalue weighted by Gasteiger charge is 2.23. The number of anilines is 2. The second kappa shape index (κ2) is 9.67. The fourth-order valence-electron chi connectivity index (χ4n) is 4.47. The van der Waals surface area contributed by atoms with Gasteiger partial charge >= 0.3 is 0 Å². The number of nitrogens with zero attached hydrogens (tertiary/aromatic N) is 3. The van der Waals surface area contributed by atoms with E-state index in [1.807, 2.05) is 60.7 Å². The number of H-pyrrole nitrogens is 1. The molecule has 0 saturated carbocycles. The third-order valence-corrected chi connectivity index (χ3v) is 6.25. The van der Waals surface area contributed by atoms with Crippen molar-refractivity contribution in [3.63, 3.8) is 0 Å². The van der Waals surface area contributed by atoms with Crippen LogP contribution in [-0.2, 0) is 0 Å². The van der Waals surface area contributed by atoms with E-state index in [9.17, 15) is 9.18 Å². The molecule has 3 heterocycles. The van der Waals surface area contributed by atoms with Crippen LogP contribution in [0.25, 0.3) is 39.2 Å². The predicted octanol–water partition coefficient (Wildman–Crippen LogP) is 6.31. The molecule has 0 aliphatic carbocycles. The van der Waals surface area contributed by atoms with Gasteiger partial charge in [0, 0.05) is 5.56 Å². The molecular weight excluding hydrogens is 481 g/mol. The first-order chi connectivity index (χ1) is 18.6. The summed E-state index contributed by atoms with van der Waals surface area (Å²) in [5.41, 5.74) is 4.35. The van der Waals surface area contributed by atoms with E-state index in [1.165, 1.54) is 10.6 Å². The maximum atomic E-state index is 14.1. The summed E-state index contributed by atoms with van der Waals surface area (Å²) in [5, 5.41) is 6.37. The highest BCUT2D eigenvalue weighted by atomic mass is 19.1. The van der Waals surface area contributed by atoms with Gasteiger partial charge in [0.25, 0.3) is 5.56 Å². The van der Waals surface area contributed by atoms with Crippen LogP contribution in [0.5, 0.6) is 5.75 Å². The lowest BCUT2D eigenvalue weighted by atomic mass is 10.0. The molecule has 3 aromatic carbocycles. The van der Waals surface area contributed by atoms with Crippen LogP contribution >= 0.6 is 0 Å². The van der Waals surface area contributed by atoms with Gasteiger partial charge in [-0.25, -0.2) is 9.97 Å². The minimum Gasteiger partial charge on any atom is -0.497 e. The van der Waals surface area contributed by atoms with Gasteiger partial charge in [-0.15, -0.1) is 0 Å². The molecule has 2 N–H and O–H groups in total. The Morgan fingerprint density at radius 3 is 2.08 bits per heavy atom. The molecule has 6 rings (SSSR count). The average Bonchev–Trinajstić information content (AvgIpc) is 3.34. The summed E-state index contributed by atoms with van der Waals surface area (Å²) in [4.78, 5) is 23.0. The van der Waals surface area contributed by atoms with Crippen LogP contribution in [0.2, 0.25) is 0 Å². The molecule has 186 valence electrons. The standard InChI is InChI=1S/C30H22FN5O2/c1-38-22-17-15-20(16-18-22)26-28(33-24-14-8-13-23(31)32-24)34-29-25(19-9-4-2-5-10-19)27(35-36(29)30(26)37)21-11-6-3-7-12-21/h2-18,35H,1H3,(H,32,33). The van der Waals surface area contributed by atoms with Crippen LogP contribution in [0.15, 0.2) is 108 Å². The summed E-state index contributed by atoms with van der Waals surface area (Å²) in [6, 6.07) is 31.1. The van der Waals surface area contributed by atoms with E-state index in [2.05, 4.69) is 15.4 Å². The number of aromatic nitrogens is 4. The van der Waals surface area contributed by atoms with E-state index in [0.717, 1.165) is 22.4 Å². The second-order valence-electron chi connectivity index (χ2n) is 8.59. The van der Waals surface area contributed by atoms with Gasteiger partial charge in [-0.3, -0.25) is 9.89 Å². The molecule has 7 nitrogen and oxygen atoms in total. The fraction of sp³-hybridized carbons (Fsp3) is 0.0333. The number of nitrogens with one attached hydrogen (secondary N) is 2. The van der Waals surface area contributed by atoms with Gasteiger partial charge in [0.2, 0.25) is 5.95 Å². The number of hydrogen-bond donors (Lipinski definition) is 2. The highest BCUT2D eigenvalue weighted by molar-refractivity contribution is 5.92. The summed E-state index contributed by atoms with van der Waals surface area (Å²) >= 11 is 0. The van der Waals surface area contributed by atoms with Gasteiger partial charge in [-0.2, -0.15) is 8.91 Å². The van der Waals surface area contributed by atoms with Crippen molar-refractivity contribution in [1.82, 2.24) is 19.6 Å². The Morgan fingerprint density at radius 1 is 0.763 bits per heavy atom. The molecule has 0 bridgehead atoms. The lowest BCUT2D eigenvalue weighted by Gasteiger charge is -2.12. The molecule has 0 aliphatic heterocycles. The molecule has 0 unspecified atom stereocenters. The molecule has 0 fully saturated rings. The van der Waals surface area contributed by atoms with Crippen molar-refractivity contribution in [2.24, 2.45) is 0 Å². The SMILES string of the molecule is COc1ccc(-c2c(Nc3cccc(F)n3)nc3c(-c4ccccc4)c(-c4ccccc4)[nH]n3c2=O)cc1. The summed E-state index contributed by atoms with van der Waals surface area (Å²) < 4.78 is 20.7. The number of ether oxygens (including phenoxy) is 1. The number of fused-ring (bicyclic) bond motifs is 1. The highest BCUT2D eigenvalue weighted by Crippen LogP contribution is 2.36. The molecule has 0 atom stereocenters. The maximum Gasteiger partial charge on any atom is 0.282 e. The van der Waals surface area contributed by atoms with Crippen molar-refractivity contribution >= 4 is 17.3 Å². The first kappa shape index (κ1) is 23.2. The Balaban J connectivity index is 1.67. The Labute approximate surface area is 217 Å². The minimum absolute atomic E-state index is 0.232. The quantitative estimate of drug-likeness (QED) is 0.260. The van der Waals surface area contributed by atoms with Gasteiger partial charge in [0.1, 0.15) is 17.4 Å². The molecule has 3 aromatic heterocycles. The lowest BCUT2D eigenvalue weighted by molar-refractivity contribution is 0.415. The molecule has 0 radical (unpaired) electrons. The second-order valence-corrected chi connectivity index (χ2v) is 8.59. The fourth-order valence-corrected chi connectivity index (χ4v) is 4.47. The van der Waals surface area contributed by atoms with Gasteiger partial charge in [-0.05, 0) is 35.4 Å². The van der Waals surface area contributed by atoms with Crippen molar-refractivity contribution in [3.05, 3.63) is 119 Å². The average molecular weight is 504 g/mol. The van der Waals surface area contributed by atoms with Crippen molar-refractivity contribution in [2.45, 2.75) is 0 Å². The summed E-state index contributed by atoms with van der Waals surface area (Å²) in [7, 11) is 1.58. The van der Waals surface area contributed by atoms with E-state index in [4.69, 9.17) is 9.72 Å². The zero-order valence-electron chi connectivity index (χ0n) is 20.4. The van der Waals surface area contributed by atoms with Gasteiger partial charge in [-0.1, -0.05) is 78.9 Å². The zero-order valence-corrected chi connectivity index (χ0v) is 20.4. The van der Waals surface area contributed by atoms with Gasteiger partial charge in [0.05, 0.1) is 23.9 Å². The smallest absolute Gasteiger partial charge is 0.282 e. The van der Waals surface area contributed by atoms with E-state index in [-0.39, 0.29) is 17.2 Å². The molecule has 0 saturated heterocycles. The van der Waals surface area contributed by atoms with Crippen LogP contribution in [-0.4, -0.2) is 26.7 Å². The minimum atomic E-state index is -0.642. The number of hydrogen-bond acceptors (Lipinski definition) is 5. The number of halogens is 1. The molecule has 0 aliphatic rings. The molecular formula is C30H22FN5O2. The number of aromatic amines is 1. The maximum absolute atomic E-state index is 14.1. The van der Waals surface area contributed by atoms with Crippen molar-refractivity contribution in [2.75, 3.05) is 12.4 Å². The number of pyridine rings is 1. The number of benzene rings is 3. The third-order valence-electron chi connectivity index (χ3n) is 6.25. The number of rotatable bonds is 6. The zero-order chi connectivity index (χ0) is 26.1. The Morgan fingerprint density at radius 2 is 1.42 bits per heavy atom. The Bertz CT molecular complexity index is 1800. The molecule has 6 aromatic rings. The van der Waals surface area contributed by atoms with E-state index in [1.54, 1.807) is 43.5 Å². The Hall–Kier alpha value is -5.24. The van der Waals surface area contributed by atoms with Crippen LogP contribution in [0.3, 0.4) is 0 Å². The number of methoxy groups -OCH3 is 1. The van der Waals surface area contributed by atoms with Crippen LogP contribution in [0.1, 0.15) is 0 Å². The first-order valence-corrected chi connectivity index (χ1v) is 12.0. The predicted molar refractivity (Wildman–Crippen MR) is 146 cm³/mol. The van der Waals surface area contributed by atoms with Crippen molar-refractivity contribution in [3.8, 4) is 39.3 Å². The van der Waals surface area contributed by atoms with E-state index in [0.29, 0.717) is 22.5 Å². The molecule has 8 heteroatoms. The van der Waals surface area contributed by atoms with Crippen LogP contribution in [0, 0.1) is 5.95 Å². The normalized spacial score (nSPS) is 11.0. The monoisotopic (exact) mass is 503 g/mol. The molecule has 0 amide bonds. The third kappa shape index (κ3) is 4.18. The van der Waals surface area contributed by atoms with Crippen LogP contribution in [0.4, 0.5) is 16.0 Å². The van der Waals surface area contributed by atoms with E-state index >= 15 is 0 Å². The largest absolute Gasteiger partial charge is 0.497 e. The topological polar surface area (TPSA) is 84.3 Å². The van der Waals surface area contributed by atoms with Crippen molar-refractivity contribution < 1.29 is 9.13 Å². The lowest BCUT2D eigenvalue weighted by Crippen LogP contribution is -2.20. The Kier molecular flexibility index (Phi) is 5.89. The van der Waals surface area contributed by atoms with Gasteiger partial charge in [0.15, 0.2) is 5.65 Å². The molecule has 38 heavy (non-hydrogen) atoms. The van der Waals surface area contributed by atoms with Crippen LogP contribution < -0.4 is 15.6 Å². The van der Waals surface area contributed by atoms with Gasteiger partial charge < -0.3 is 10.1 Å². The summed E-state index contributed by atoms with van der Waals surface area (Å²) in [6.45, 7) is 0. The summed E-state index contributed by atoms with van der Waals surface area (Å²) in [6.07, 6.45) is 0. The summed E-state index contributed by atoms with van der Waals surface area (Å²) in [5.74, 6) is 0.503. The first-order valence-electron chi connectivity index (χ1n) is 12.0.